The van der Waals surface area contributed by atoms with Gasteiger partial charge in [0.15, 0.2) is 5.13 Å². The number of aromatic nitrogens is 1. The second-order valence-electron chi connectivity index (χ2n) is 4.36. The van der Waals surface area contributed by atoms with Crippen LogP contribution in [0, 0.1) is 6.92 Å². The lowest BCUT2D eigenvalue weighted by Crippen LogP contribution is -1.90. The minimum atomic E-state index is 0.433. The third-order valence-corrected chi connectivity index (χ3v) is 4.78. The Morgan fingerprint density at radius 1 is 1.00 bits per heavy atom. The Morgan fingerprint density at radius 3 is 2.55 bits per heavy atom. The molecule has 0 amide bonds. The molecule has 0 aliphatic carbocycles. The fraction of sp³-hybridized carbons (Fsp3) is 0.0714. The van der Waals surface area contributed by atoms with Gasteiger partial charge in [0.25, 0.3) is 0 Å². The lowest BCUT2D eigenvalue weighted by Gasteiger charge is -2.06. The summed E-state index contributed by atoms with van der Waals surface area (Å²) in [6.07, 6.45) is 0. The third-order valence-electron chi connectivity index (χ3n) is 2.79. The highest BCUT2D eigenvalue weighted by Crippen LogP contribution is 2.35. The number of thiazole rings is 1. The molecule has 0 radical (unpaired) electrons. The minimum absolute atomic E-state index is 0.433. The number of rotatable bonds is 2. The number of aryl methyl sites for hydroxylation is 1. The molecule has 20 heavy (non-hydrogen) atoms. The molecule has 0 aliphatic heterocycles. The molecule has 0 saturated heterocycles. The van der Waals surface area contributed by atoms with Crippen molar-refractivity contribution in [1.82, 2.24) is 4.98 Å². The highest BCUT2D eigenvalue weighted by Gasteiger charge is 2.09. The van der Waals surface area contributed by atoms with Crippen LogP contribution < -0.4 is 5.32 Å². The van der Waals surface area contributed by atoms with Crippen LogP contribution in [-0.4, -0.2) is 4.98 Å². The van der Waals surface area contributed by atoms with Crippen molar-refractivity contribution in [2.24, 2.45) is 0 Å². The Bertz CT molecular complexity index is 798. The van der Waals surface area contributed by atoms with Gasteiger partial charge in [0, 0.05) is 0 Å². The normalized spacial score (nSPS) is 11.0. The van der Waals surface area contributed by atoms with Gasteiger partial charge in [-0.1, -0.05) is 52.2 Å². The van der Waals surface area contributed by atoms with E-state index >= 15 is 0 Å². The summed E-state index contributed by atoms with van der Waals surface area (Å²) in [7, 11) is 0. The molecule has 1 N–H and O–H groups in total. The highest BCUT2D eigenvalue weighted by molar-refractivity contribution is 7.22. The SMILES string of the molecule is Cc1ccc2sc(Nc3cc(Cl)c(Cl)cc3Cl)nc2c1. The lowest BCUT2D eigenvalue weighted by atomic mass is 10.2. The van der Waals surface area contributed by atoms with Crippen LogP contribution in [0.25, 0.3) is 10.2 Å². The van der Waals surface area contributed by atoms with Crippen LogP contribution in [0.5, 0.6) is 0 Å². The van der Waals surface area contributed by atoms with E-state index < -0.39 is 0 Å². The average Bonchev–Trinajstić information content (AvgIpc) is 2.77. The standard InChI is InChI=1S/C14H9Cl3N2S/c1-7-2-3-13-12(4-7)19-14(20-13)18-11-6-9(16)8(15)5-10(11)17/h2-6H,1H3,(H,18,19). The maximum atomic E-state index is 6.15. The molecular weight excluding hydrogens is 335 g/mol. The first-order valence-electron chi connectivity index (χ1n) is 5.82. The monoisotopic (exact) mass is 342 g/mol. The third kappa shape index (κ3) is 2.72. The van der Waals surface area contributed by atoms with Crippen molar-refractivity contribution in [2.45, 2.75) is 6.92 Å². The van der Waals surface area contributed by atoms with E-state index in [2.05, 4.69) is 22.4 Å². The van der Waals surface area contributed by atoms with E-state index in [-0.39, 0.29) is 0 Å². The van der Waals surface area contributed by atoms with Crippen LogP contribution in [0.1, 0.15) is 5.56 Å². The van der Waals surface area contributed by atoms with Crippen LogP contribution in [-0.2, 0) is 0 Å². The van der Waals surface area contributed by atoms with Gasteiger partial charge in [0.05, 0.1) is 31.0 Å². The van der Waals surface area contributed by atoms with E-state index in [9.17, 15) is 0 Å². The molecule has 0 aliphatic rings. The Labute approximate surface area is 135 Å². The first-order chi connectivity index (χ1) is 9.52. The fourth-order valence-electron chi connectivity index (χ4n) is 1.82. The molecule has 2 aromatic carbocycles. The van der Waals surface area contributed by atoms with Gasteiger partial charge >= 0.3 is 0 Å². The van der Waals surface area contributed by atoms with Crippen LogP contribution in [0.4, 0.5) is 10.8 Å². The highest BCUT2D eigenvalue weighted by atomic mass is 35.5. The van der Waals surface area contributed by atoms with E-state index in [4.69, 9.17) is 34.8 Å². The van der Waals surface area contributed by atoms with E-state index in [0.717, 1.165) is 15.3 Å². The maximum Gasteiger partial charge on any atom is 0.188 e. The Kier molecular flexibility index (Phi) is 3.78. The summed E-state index contributed by atoms with van der Waals surface area (Å²) < 4.78 is 1.12. The first-order valence-corrected chi connectivity index (χ1v) is 7.77. The number of fused-ring (bicyclic) bond motifs is 1. The number of hydrogen-bond donors (Lipinski definition) is 1. The number of nitrogens with zero attached hydrogens (tertiary/aromatic N) is 1. The molecule has 0 saturated carbocycles. The Balaban J connectivity index is 1.99. The second kappa shape index (κ2) is 5.41. The van der Waals surface area contributed by atoms with E-state index in [1.54, 1.807) is 23.5 Å². The van der Waals surface area contributed by atoms with Crippen molar-refractivity contribution in [3.63, 3.8) is 0 Å². The van der Waals surface area contributed by atoms with Crippen molar-refractivity contribution >= 4 is 67.2 Å². The summed E-state index contributed by atoms with van der Waals surface area (Å²) in [5, 5.41) is 5.35. The summed E-state index contributed by atoms with van der Waals surface area (Å²) in [5.74, 6) is 0. The van der Waals surface area contributed by atoms with E-state index in [0.29, 0.717) is 20.8 Å². The quantitative estimate of drug-likeness (QED) is 0.552. The zero-order valence-electron chi connectivity index (χ0n) is 10.4. The molecule has 0 fully saturated rings. The molecule has 0 bridgehead atoms. The van der Waals surface area contributed by atoms with Crippen LogP contribution in [0.2, 0.25) is 15.1 Å². The van der Waals surface area contributed by atoms with Crippen molar-refractivity contribution in [3.05, 3.63) is 51.0 Å². The Hall–Kier alpha value is -1.00. The van der Waals surface area contributed by atoms with Crippen molar-refractivity contribution in [3.8, 4) is 0 Å². The predicted octanol–water partition coefficient (Wildman–Crippen LogP) is 6.31. The fourth-order valence-corrected chi connectivity index (χ4v) is 3.28. The lowest BCUT2D eigenvalue weighted by molar-refractivity contribution is 1.42. The first kappa shape index (κ1) is 14.0. The number of hydrogen-bond acceptors (Lipinski definition) is 3. The van der Waals surface area contributed by atoms with Gasteiger partial charge in [-0.3, -0.25) is 0 Å². The summed E-state index contributed by atoms with van der Waals surface area (Å²) >= 11 is 19.6. The molecule has 0 atom stereocenters. The molecular formula is C14H9Cl3N2S. The summed E-state index contributed by atoms with van der Waals surface area (Å²) in [5.41, 5.74) is 2.84. The molecule has 3 aromatic rings. The minimum Gasteiger partial charge on any atom is -0.330 e. The number of nitrogens with one attached hydrogen (secondary N) is 1. The Morgan fingerprint density at radius 2 is 1.75 bits per heavy atom. The van der Waals surface area contributed by atoms with Gasteiger partial charge in [-0.05, 0) is 36.8 Å². The van der Waals surface area contributed by atoms with Crippen molar-refractivity contribution in [2.75, 3.05) is 5.32 Å². The molecule has 2 nitrogen and oxygen atoms in total. The molecule has 102 valence electrons. The van der Waals surface area contributed by atoms with E-state index in [1.165, 1.54) is 5.56 Å². The maximum absolute atomic E-state index is 6.15. The van der Waals surface area contributed by atoms with Crippen LogP contribution >= 0.6 is 46.1 Å². The molecule has 3 rings (SSSR count). The number of halogens is 3. The summed E-state index contributed by atoms with van der Waals surface area (Å²) in [6, 6.07) is 9.49. The topological polar surface area (TPSA) is 24.9 Å². The van der Waals surface area contributed by atoms with Gasteiger partial charge in [-0.15, -0.1) is 0 Å². The van der Waals surface area contributed by atoms with Crippen molar-refractivity contribution < 1.29 is 0 Å². The van der Waals surface area contributed by atoms with Crippen LogP contribution in [0.3, 0.4) is 0 Å². The van der Waals surface area contributed by atoms with Crippen molar-refractivity contribution in [1.29, 1.82) is 0 Å². The van der Waals surface area contributed by atoms with Gasteiger partial charge < -0.3 is 5.32 Å². The predicted molar refractivity (Wildman–Crippen MR) is 89.1 cm³/mol. The molecule has 0 unspecified atom stereocenters. The number of benzene rings is 2. The number of anilines is 2. The van der Waals surface area contributed by atoms with Gasteiger partial charge in [0.2, 0.25) is 0 Å². The van der Waals surface area contributed by atoms with Gasteiger partial charge in [-0.25, -0.2) is 4.98 Å². The zero-order chi connectivity index (χ0) is 14.3. The molecule has 1 aromatic heterocycles. The summed E-state index contributed by atoms with van der Waals surface area (Å²) in [4.78, 5) is 4.53. The smallest absolute Gasteiger partial charge is 0.188 e. The van der Waals surface area contributed by atoms with Gasteiger partial charge in [-0.2, -0.15) is 0 Å². The zero-order valence-corrected chi connectivity index (χ0v) is 13.5. The molecule has 6 heteroatoms. The molecule has 1 heterocycles. The summed E-state index contributed by atoms with van der Waals surface area (Å²) in [6.45, 7) is 2.04. The second-order valence-corrected chi connectivity index (χ2v) is 6.61. The van der Waals surface area contributed by atoms with Gasteiger partial charge in [0.1, 0.15) is 0 Å². The largest absolute Gasteiger partial charge is 0.330 e. The van der Waals surface area contributed by atoms with E-state index in [1.807, 2.05) is 13.0 Å². The average molecular weight is 344 g/mol. The van der Waals surface area contributed by atoms with Crippen LogP contribution in [0.15, 0.2) is 30.3 Å². The molecule has 0 spiro atoms.